The Bertz CT molecular complexity index is 942. The van der Waals surface area contributed by atoms with Gasteiger partial charge in [-0.1, -0.05) is 12.1 Å². The number of benzene rings is 2. The van der Waals surface area contributed by atoms with Crippen molar-refractivity contribution in [2.24, 2.45) is 5.73 Å². The number of aromatic nitrogens is 2. The first-order valence-corrected chi connectivity index (χ1v) is 7.78. The molecular weight excluding hydrogens is 316 g/mol. The summed E-state index contributed by atoms with van der Waals surface area (Å²) in [5, 5.41) is 7.12. The average molecular weight is 334 g/mol. The molecule has 2 amide bonds. The summed E-state index contributed by atoms with van der Waals surface area (Å²) in [6.07, 6.45) is 1.55. The number of aryl methyl sites for hydroxylation is 1. The smallest absolute Gasteiger partial charge is 0.259 e. The Morgan fingerprint density at radius 1 is 1.08 bits per heavy atom. The molecule has 0 aliphatic heterocycles. The number of primary amides is 1. The van der Waals surface area contributed by atoms with Gasteiger partial charge in [-0.15, -0.1) is 0 Å². The Morgan fingerprint density at radius 2 is 1.80 bits per heavy atom. The zero-order valence-electron chi connectivity index (χ0n) is 14.0. The molecular formula is C19H18N4O2. The summed E-state index contributed by atoms with van der Waals surface area (Å²) in [5.74, 6) is -0.767. The Morgan fingerprint density at radius 3 is 2.44 bits per heavy atom. The summed E-state index contributed by atoms with van der Waals surface area (Å²) in [4.78, 5) is 23.6. The maximum absolute atomic E-state index is 12.5. The molecule has 6 heteroatoms. The van der Waals surface area contributed by atoms with Crippen LogP contribution in [0.4, 0.5) is 5.69 Å². The van der Waals surface area contributed by atoms with Crippen molar-refractivity contribution in [3.8, 4) is 5.69 Å². The van der Waals surface area contributed by atoms with E-state index in [0.717, 1.165) is 16.9 Å². The summed E-state index contributed by atoms with van der Waals surface area (Å²) < 4.78 is 1.73. The number of amides is 2. The molecule has 0 bridgehead atoms. The van der Waals surface area contributed by atoms with Crippen LogP contribution in [0.15, 0.2) is 54.7 Å². The quantitative estimate of drug-likeness (QED) is 0.769. The second kappa shape index (κ2) is 6.60. The summed E-state index contributed by atoms with van der Waals surface area (Å²) in [6, 6.07) is 14.3. The van der Waals surface area contributed by atoms with Crippen LogP contribution in [0.25, 0.3) is 5.69 Å². The highest BCUT2D eigenvalue weighted by Crippen LogP contribution is 2.17. The third-order valence-corrected chi connectivity index (χ3v) is 3.93. The molecule has 0 fully saturated rings. The third kappa shape index (κ3) is 3.42. The van der Waals surface area contributed by atoms with Gasteiger partial charge in [0.15, 0.2) is 0 Å². The zero-order chi connectivity index (χ0) is 18.0. The van der Waals surface area contributed by atoms with Gasteiger partial charge in [0, 0.05) is 11.3 Å². The number of hydrogen-bond donors (Lipinski definition) is 2. The maximum atomic E-state index is 12.5. The second-order valence-corrected chi connectivity index (χ2v) is 5.79. The summed E-state index contributed by atoms with van der Waals surface area (Å²) >= 11 is 0. The van der Waals surface area contributed by atoms with Crippen molar-refractivity contribution in [2.75, 3.05) is 5.32 Å². The molecule has 0 aliphatic rings. The van der Waals surface area contributed by atoms with E-state index in [1.807, 2.05) is 38.1 Å². The van der Waals surface area contributed by atoms with Crippen LogP contribution in [0, 0.1) is 13.8 Å². The number of hydrogen-bond acceptors (Lipinski definition) is 3. The van der Waals surface area contributed by atoms with Gasteiger partial charge >= 0.3 is 0 Å². The van der Waals surface area contributed by atoms with Crippen molar-refractivity contribution >= 4 is 17.5 Å². The molecule has 3 aromatic rings. The van der Waals surface area contributed by atoms with Crippen LogP contribution in [0.1, 0.15) is 32.0 Å². The van der Waals surface area contributed by atoms with Gasteiger partial charge in [-0.25, -0.2) is 4.68 Å². The van der Waals surface area contributed by atoms with Gasteiger partial charge in [0.1, 0.15) is 0 Å². The van der Waals surface area contributed by atoms with Crippen LogP contribution in [0.2, 0.25) is 0 Å². The Labute approximate surface area is 145 Å². The first-order valence-electron chi connectivity index (χ1n) is 7.78. The number of anilines is 1. The minimum atomic E-state index is -0.506. The minimum Gasteiger partial charge on any atom is -0.366 e. The molecule has 3 rings (SSSR count). The highest BCUT2D eigenvalue weighted by atomic mass is 16.2. The maximum Gasteiger partial charge on any atom is 0.259 e. The Balaban J connectivity index is 1.82. The summed E-state index contributed by atoms with van der Waals surface area (Å²) in [5.41, 5.74) is 9.44. The van der Waals surface area contributed by atoms with E-state index < -0.39 is 5.91 Å². The summed E-state index contributed by atoms with van der Waals surface area (Å²) in [6.45, 7) is 3.85. The highest BCUT2D eigenvalue weighted by molar-refractivity contribution is 6.05. The van der Waals surface area contributed by atoms with Crippen LogP contribution in [-0.2, 0) is 0 Å². The van der Waals surface area contributed by atoms with Crippen LogP contribution in [0.5, 0.6) is 0 Å². The first kappa shape index (κ1) is 16.4. The van der Waals surface area contributed by atoms with Crippen molar-refractivity contribution in [3.05, 3.63) is 77.1 Å². The average Bonchev–Trinajstić information content (AvgIpc) is 2.97. The third-order valence-electron chi connectivity index (χ3n) is 3.93. The minimum absolute atomic E-state index is 0.261. The predicted molar refractivity (Wildman–Crippen MR) is 96.0 cm³/mol. The molecule has 1 heterocycles. The Kier molecular flexibility index (Phi) is 4.35. The lowest BCUT2D eigenvalue weighted by Crippen LogP contribution is -2.14. The molecule has 0 radical (unpaired) electrons. The molecule has 0 saturated carbocycles. The molecule has 0 aliphatic carbocycles. The van der Waals surface area contributed by atoms with Gasteiger partial charge in [-0.3, -0.25) is 9.59 Å². The van der Waals surface area contributed by atoms with Gasteiger partial charge in [0.2, 0.25) is 5.91 Å². The standard InChI is InChI=1S/C19H18N4O2/c1-12-4-3-5-16(10-12)23-13(2)17(11-21-23)19(25)22-15-8-6-14(7-9-15)18(20)24/h3-11H,1-2H3,(H2,20,24)(H,22,25). The zero-order valence-corrected chi connectivity index (χ0v) is 14.0. The van der Waals surface area contributed by atoms with E-state index in [0.29, 0.717) is 16.8 Å². The van der Waals surface area contributed by atoms with Crippen molar-refractivity contribution < 1.29 is 9.59 Å². The van der Waals surface area contributed by atoms with E-state index in [4.69, 9.17) is 5.73 Å². The Hall–Kier alpha value is -3.41. The molecule has 25 heavy (non-hydrogen) atoms. The van der Waals surface area contributed by atoms with Crippen molar-refractivity contribution in [2.45, 2.75) is 13.8 Å². The van der Waals surface area contributed by atoms with Crippen molar-refractivity contribution in [1.82, 2.24) is 9.78 Å². The van der Waals surface area contributed by atoms with Crippen LogP contribution < -0.4 is 11.1 Å². The van der Waals surface area contributed by atoms with Gasteiger partial charge in [-0.2, -0.15) is 5.10 Å². The molecule has 3 N–H and O–H groups in total. The van der Waals surface area contributed by atoms with Crippen LogP contribution in [-0.4, -0.2) is 21.6 Å². The largest absolute Gasteiger partial charge is 0.366 e. The molecule has 0 atom stereocenters. The molecule has 2 aromatic carbocycles. The fraction of sp³-hybridized carbons (Fsp3) is 0.105. The first-order chi connectivity index (χ1) is 12.0. The number of carbonyl (C=O) groups is 2. The number of carbonyl (C=O) groups excluding carboxylic acids is 2. The van der Waals surface area contributed by atoms with E-state index in [2.05, 4.69) is 10.4 Å². The number of nitrogens with zero attached hydrogens (tertiary/aromatic N) is 2. The number of rotatable bonds is 4. The summed E-state index contributed by atoms with van der Waals surface area (Å²) in [7, 11) is 0. The van der Waals surface area contributed by atoms with Crippen LogP contribution in [0.3, 0.4) is 0 Å². The van der Waals surface area contributed by atoms with Gasteiger partial charge in [0.25, 0.3) is 5.91 Å². The van der Waals surface area contributed by atoms with Crippen molar-refractivity contribution in [3.63, 3.8) is 0 Å². The molecule has 0 unspecified atom stereocenters. The normalized spacial score (nSPS) is 10.5. The lowest BCUT2D eigenvalue weighted by Gasteiger charge is -2.07. The molecule has 0 saturated heterocycles. The van der Waals surface area contributed by atoms with Gasteiger partial charge < -0.3 is 11.1 Å². The fourth-order valence-electron chi connectivity index (χ4n) is 2.57. The molecule has 0 spiro atoms. The second-order valence-electron chi connectivity index (χ2n) is 5.79. The van der Waals surface area contributed by atoms with Gasteiger partial charge in [0.05, 0.1) is 23.1 Å². The monoisotopic (exact) mass is 334 g/mol. The van der Waals surface area contributed by atoms with E-state index >= 15 is 0 Å². The fourth-order valence-corrected chi connectivity index (χ4v) is 2.57. The molecule has 6 nitrogen and oxygen atoms in total. The predicted octanol–water partition coefficient (Wildman–Crippen LogP) is 2.84. The van der Waals surface area contributed by atoms with E-state index in [-0.39, 0.29) is 5.91 Å². The lowest BCUT2D eigenvalue weighted by atomic mass is 10.2. The van der Waals surface area contributed by atoms with Crippen molar-refractivity contribution in [1.29, 1.82) is 0 Å². The number of nitrogens with one attached hydrogen (secondary N) is 1. The van der Waals surface area contributed by atoms with E-state index in [1.54, 1.807) is 35.1 Å². The molecule has 126 valence electrons. The SMILES string of the molecule is Cc1cccc(-n2ncc(C(=O)Nc3ccc(C(N)=O)cc3)c2C)c1. The molecule has 1 aromatic heterocycles. The number of nitrogens with two attached hydrogens (primary N) is 1. The van der Waals surface area contributed by atoms with E-state index in [9.17, 15) is 9.59 Å². The van der Waals surface area contributed by atoms with Crippen LogP contribution >= 0.6 is 0 Å². The topological polar surface area (TPSA) is 90.0 Å². The highest BCUT2D eigenvalue weighted by Gasteiger charge is 2.15. The van der Waals surface area contributed by atoms with E-state index in [1.165, 1.54) is 0 Å². The lowest BCUT2D eigenvalue weighted by molar-refractivity contribution is 0.0998. The van der Waals surface area contributed by atoms with Gasteiger partial charge in [-0.05, 0) is 55.8 Å².